The Kier molecular flexibility index (Phi) is 8.82. The lowest BCUT2D eigenvalue weighted by Crippen LogP contribution is -2.43. The van der Waals surface area contributed by atoms with Gasteiger partial charge in [0.2, 0.25) is 5.91 Å². The maximum Gasteiger partial charge on any atom is 0.417 e. The van der Waals surface area contributed by atoms with Crippen molar-refractivity contribution in [3.05, 3.63) is 34.1 Å². The van der Waals surface area contributed by atoms with Gasteiger partial charge in [-0.3, -0.25) is 9.59 Å². The van der Waals surface area contributed by atoms with Gasteiger partial charge in [0.05, 0.1) is 12.1 Å². The Hall–Kier alpha value is -3.10. The lowest BCUT2D eigenvalue weighted by molar-refractivity contribution is -0.128. The van der Waals surface area contributed by atoms with Crippen LogP contribution in [0.2, 0.25) is 0 Å². The number of hydrogen-bond acceptors (Lipinski definition) is 7. The molecule has 9 heteroatoms. The monoisotopic (exact) mass is 609 g/mol. The number of carbonyl (C=O) groups excluding carboxylic acids is 4. The number of imide groups is 2. The SMILES string of the molecule is CC(C)(C)OC(=O)N1C(=O)C[C@H]2CC3=C(CCCC3)[C@H]21.CN(C)/C=C1/C(=O)N(C(=O)OC(C)(C)C)[C@@H]2C3=C(CCCC3)C[C@H]12. The van der Waals surface area contributed by atoms with E-state index in [1.165, 1.54) is 51.4 Å². The minimum Gasteiger partial charge on any atom is -0.443 e. The average molecular weight is 610 g/mol. The van der Waals surface area contributed by atoms with Crippen LogP contribution in [0, 0.1) is 11.8 Å². The van der Waals surface area contributed by atoms with Crippen LogP contribution in [-0.2, 0) is 19.1 Å². The van der Waals surface area contributed by atoms with Crippen molar-refractivity contribution in [2.75, 3.05) is 14.1 Å². The average Bonchev–Trinajstić information content (AvgIpc) is 3.60. The molecule has 2 heterocycles. The van der Waals surface area contributed by atoms with Crippen LogP contribution in [0.5, 0.6) is 0 Å². The molecule has 2 aliphatic heterocycles. The smallest absolute Gasteiger partial charge is 0.417 e. The van der Waals surface area contributed by atoms with Gasteiger partial charge in [-0.1, -0.05) is 11.1 Å². The summed E-state index contributed by atoms with van der Waals surface area (Å²) in [4.78, 5) is 54.9. The summed E-state index contributed by atoms with van der Waals surface area (Å²) >= 11 is 0. The predicted molar refractivity (Wildman–Crippen MR) is 167 cm³/mol. The Morgan fingerprint density at radius 3 is 1.77 bits per heavy atom. The molecule has 0 aromatic rings. The highest BCUT2D eigenvalue weighted by Gasteiger charge is 2.54. The van der Waals surface area contributed by atoms with Gasteiger partial charge in [-0.25, -0.2) is 19.4 Å². The van der Waals surface area contributed by atoms with Crippen molar-refractivity contribution in [3.8, 4) is 0 Å². The van der Waals surface area contributed by atoms with Gasteiger partial charge in [-0.2, -0.15) is 0 Å². The maximum atomic E-state index is 13.0. The second-order valence-electron chi connectivity index (χ2n) is 15.5. The molecule has 2 saturated heterocycles. The fourth-order valence-corrected chi connectivity index (χ4v) is 8.03. The van der Waals surface area contributed by atoms with E-state index in [9.17, 15) is 19.2 Å². The molecule has 0 radical (unpaired) electrons. The van der Waals surface area contributed by atoms with E-state index in [1.54, 1.807) is 0 Å². The zero-order valence-electron chi connectivity index (χ0n) is 28.0. The van der Waals surface area contributed by atoms with E-state index in [0.717, 1.165) is 50.5 Å². The predicted octanol–water partition coefficient (Wildman–Crippen LogP) is 6.88. The van der Waals surface area contributed by atoms with E-state index in [-0.39, 0.29) is 29.8 Å². The van der Waals surface area contributed by atoms with Gasteiger partial charge in [-0.15, -0.1) is 0 Å². The lowest BCUT2D eigenvalue weighted by Gasteiger charge is -2.29. The van der Waals surface area contributed by atoms with E-state index in [4.69, 9.17) is 9.47 Å². The van der Waals surface area contributed by atoms with Gasteiger partial charge in [0.25, 0.3) is 5.91 Å². The molecule has 9 nitrogen and oxygen atoms in total. The normalized spacial score (nSPS) is 28.9. The van der Waals surface area contributed by atoms with Crippen LogP contribution in [-0.4, -0.2) is 76.1 Å². The zero-order valence-corrected chi connectivity index (χ0v) is 28.0. The molecule has 0 aromatic carbocycles. The molecule has 4 amide bonds. The summed E-state index contributed by atoms with van der Waals surface area (Å²) in [6.45, 7) is 11.0. The molecule has 0 saturated carbocycles. The van der Waals surface area contributed by atoms with Crippen molar-refractivity contribution in [1.82, 2.24) is 14.7 Å². The summed E-state index contributed by atoms with van der Waals surface area (Å²) in [6.07, 6.45) is 12.4. The van der Waals surface area contributed by atoms with Crippen LogP contribution < -0.4 is 0 Å². The molecular formula is C35H51N3O6. The van der Waals surface area contributed by atoms with E-state index in [0.29, 0.717) is 12.3 Å². The second kappa shape index (κ2) is 12.0. The number of fused-ring (bicyclic) bond motifs is 4. The fraction of sp³-hybridized carbons (Fsp3) is 0.714. The Bertz CT molecular complexity index is 1310. The highest BCUT2D eigenvalue weighted by molar-refractivity contribution is 6.06. The summed E-state index contributed by atoms with van der Waals surface area (Å²) in [7, 11) is 3.82. The number of hydrogen-bond donors (Lipinski definition) is 0. The van der Waals surface area contributed by atoms with Crippen molar-refractivity contribution < 1.29 is 28.7 Å². The summed E-state index contributed by atoms with van der Waals surface area (Å²) in [5.41, 5.74) is 5.21. The topological polar surface area (TPSA) is 96.5 Å². The summed E-state index contributed by atoms with van der Waals surface area (Å²) in [6, 6.07) is -0.138. The molecular weight excluding hydrogens is 558 g/mol. The van der Waals surface area contributed by atoms with Crippen LogP contribution in [0.4, 0.5) is 9.59 Å². The molecule has 0 aromatic heterocycles. The summed E-state index contributed by atoms with van der Waals surface area (Å²) in [5.74, 6) is 0.144. The molecule has 4 atom stereocenters. The third-order valence-corrected chi connectivity index (χ3v) is 9.48. The Balaban J connectivity index is 0.000000177. The zero-order chi connectivity index (χ0) is 32.1. The van der Waals surface area contributed by atoms with E-state index in [2.05, 4.69) is 0 Å². The largest absolute Gasteiger partial charge is 0.443 e. The van der Waals surface area contributed by atoms with Crippen molar-refractivity contribution in [3.63, 3.8) is 0 Å². The van der Waals surface area contributed by atoms with Crippen molar-refractivity contribution in [1.29, 1.82) is 0 Å². The van der Waals surface area contributed by atoms with E-state index < -0.39 is 23.4 Å². The highest BCUT2D eigenvalue weighted by Crippen LogP contribution is 2.50. The number of carbonyl (C=O) groups is 4. The molecule has 0 N–H and O–H groups in total. The molecule has 4 aliphatic carbocycles. The fourth-order valence-electron chi connectivity index (χ4n) is 8.03. The maximum absolute atomic E-state index is 13.0. The van der Waals surface area contributed by atoms with Gasteiger partial charge >= 0.3 is 12.2 Å². The van der Waals surface area contributed by atoms with Crippen LogP contribution in [0.3, 0.4) is 0 Å². The van der Waals surface area contributed by atoms with Crippen LogP contribution in [0.25, 0.3) is 0 Å². The summed E-state index contributed by atoms with van der Waals surface area (Å²) in [5, 5.41) is 0. The van der Waals surface area contributed by atoms with Crippen LogP contribution in [0.1, 0.15) is 112 Å². The number of amides is 4. The van der Waals surface area contributed by atoms with Crippen molar-refractivity contribution >= 4 is 24.0 Å². The highest BCUT2D eigenvalue weighted by atomic mass is 16.6. The number of nitrogens with zero attached hydrogens (tertiary/aromatic N) is 3. The number of likely N-dealkylation sites (tertiary alicyclic amines) is 2. The molecule has 2 fully saturated rings. The second-order valence-corrected chi connectivity index (χ2v) is 15.5. The van der Waals surface area contributed by atoms with Gasteiger partial charge in [-0.05, 0) is 123 Å². The Morgan fingerprint density at radius 1 is 0.727 bits per heavy atom. The number of allylic oxidation sites excluding steroid dienone is 2. The first kappa shape index (κ1) is 32.3. The van der Waals surface area contributed by atoms with Gasteiger partial charge in [0.1, 0.15) is 11.2 Å². The Labute approximate surface area is 262 Å². The third-order valence-electron chi connectivity index (χ3n) is 9.48. The van der Waals surface area contributed by atoms with Crippen molar-refractivity contribution in [2.45, 2.75) is 135 Å². The first-order valence-electron chi connectivity index (χ1n) is 16.5. The molecule has 0 unspecified atom stereocenters. The summed E-state index contributed by atoms with van der Waals surface area (Å²) < 4.78 is 11.0. The van der Waals surface area contributed by atoms with E-state index >= 15 is 0 Å². The number of ether oxygens (including phenoxy) is 2. The minimum absolute atomic E-state index is 0.00681. The molecule has 0 bridgehead atoms. The van der Waals surface area contributed by atoms with E-state index in [1.807, 2.05) is 66.7 Å². The Morgan fingerprint density at radius 2 is 1.23 bits per heavy atom. The minimum atomic E-state index is -0.608. The van der Waals surface area contributed by atoms with Crippen molar-refractivity contribution in [2.24, 2.45) is 11.8 Å². The first-order valence-corrected chi connectivity index (χ1v) is 16.5. The standard InChI is InChI=1S/C19H28N2O3.C16H23NO3/c1-19(2,3)24-18(23)21-16-13-9-7-6-8-12(13)10-14(16)15(17(21)22)11-20(4)5;1-16(2,3)20-15(19)17-13(18)9-11-8-10-6-4-5-7-12(10)14(11)17/h11,14,16H,6-10H2,1-5H3;11,14H,4-9H2,1-3H3/b15-11+;/t14-,16-;11-,14+/m11/s1. The first-order chi connectivity index (χ1) is 20.6. The van der Waals surface area contributed by atoms with Crippen LogP contribution >= 0.6 is 0 Å². The lowest BCUT2D eigenvalue weighted by atomic mass is 9.92. The molecule has 44 heavy (non-hydrogen) atoms. The molecule has 6 aliphatic rings. The molecule has 242 valence electrons. The van der Waals surface area contributed by atoms with Gasteiger partial charge < -0.3 is 14.4 Å². The molecule has 6 rings (SSSR count). The molecule has 0 spiro atoms. The van der Waals surface area contributed by atoms with Crippen LogP contribution in [0.15, 0.2) is 34.1 Å². The van der Waals surface area contributed by atoms with Gasteiger partial charge in [0, 0.05) is 38.2 Å². The number of rotatable bonds is 1. The van der Waals surface area contributed by atoms with Gasteiger partial charge in [0.15, 0.2) is 0 Å². The third kappa shape index (κ3) is 6.47. The quantitative estimate of drug-likeness (QED) is 0.236.